The third kappa shape index (κ3) is 2.09. The van der Waals surface area contributed by atoms with E-state index in [2.05, 4.69) is 9.72 Å². The lowest BCUT2D eigenvalue weighted by atomic mass is 10.1. The minimum absolute atomic E-state index is 0.0272. The molecule has 0 aliphatic heterocycles. The quantitative estimate of drug-likeness (QED) is 0.508. The van der Waals surface area contributed by atoms with Gasteiger partial charge >= 0.3 is 5.97 Å². The van der Waals surface area contributed by atoms with E-state index in [1.54, 1.807) is 13.0 Å². The van der Waals surface area contributed by atoms with Crippen molar-refractivity contribution in [1.82, 2.24) is 4.98 Å². The van der Waals surface area contributed by atoms with E-state index in [1.165, 1.54) is 25.3 Å². The molecule has 7 nitrogen and oxygen atoms in total. The molecular formula is C13H12N2O5. The average Bonchev–Trinajstić information content (AvgIpc) is 2.73. The van der Waals surface area contributed by atoms with Crippen molar-refractivity contribution in [2.45, 2.75) is 6.92 Å². The lowest BCUT2D eigenvalue weighted by Crippen LogP contribution is -2.01. The molecule has 2 aromatic rings. The number of aromatic nitrogens is 1. The van der Waals surface area contributed by atoms with Gasteiger partial charge in [0.25, 0.3) is 5.69 Å². The highest BCUT2D eigenvalue weighted by atomic mass is 16.6. The number of aromatic hydroxyl groups is 1. The van der Waals surface area contributed by atoms with Crippen molar-refractivity contribution in [2.75, 3.05) is 7.11 Å². The fourth-order valence-corrected chi connectivity index (χ4v) is 2.00. The zero-order valence-electron chi connectivity index (χ0n) is 10.8. The highest BCUT2D eigenvalue weighted by Gasteiger charge is 2.25. The third-order valence-corrected chi connectivity index (χ3v) is 2.92. The Labute approximate surface area is 114 Å². The van der Waals surface area contributed by atoms with Crippen LogP contribution in [0.25, 0.3) is 11.3 Å². The van der Waals surface area contributed by atoms with Crippen molar-refractivity contribution < 1.29 is 19.6 Å². The standard InChI is InChI=1S/C13H12N2O5/c1-7-10(13(17)20-2)12(16)11(14-7)8-5-3-4-6-9(8)15(18)19/h3-6,14,16H,1-2H3. The molecule has 0 fully saturated rings. The number of aromatic amines is 1. The van der Waals surface area contributed by atoms with Gasteiger partial charge in [-0.05, 0) is 13.0 Å². The van der Waals surface area contributed by atoms with Crippen molar-refractivity contribution in [3.05, 3.63) is 45.6 Å². The molecule has 7 heteroatoms. The fraction of sp³-hybridized carbons (Fsp3) is 0.154. The molecule has 0 saturated heterocycles. The van der Waals surface area contributed by atoms with E-state index < -0.39 is 10.9 Å². The second-order valence-electron chi connectivity index (χ2n) is 4.11. The second kappa shape index (κ2) is 5.04. The van der Waals surface area contributed by atoms with Gasteiger partial charge in [0.15, 0.2) is 5.75 Å². The number of H-pyrrole nitrogens is 1. The fourth-order valence-electron chi connectivity index (χ4n) is 2.00. The first-order valence-corrected chi connectivity index (χ1v) is 5.71. The first-order chi connectivity index (χ1) is 9.47. The number of benzene rings is 1. The number of carbonyl (C=O) groups excluding carboxylic acids is 1. The molecule has 20 heavy (non-hydrogen) atoms. The molecule has 0 bridgehead atoms. The SMILES string of the molecule is COC(=O)c1c(C)[nH]c(-c2ccccc2[N+](=O)[O-])c1O. The molecule has 0 aliphatic carbocycles. The molecule has 1 heterocycles. The first-order valence-electron chi connectivity index (χ1n) is 5.71. The van der Waals surface area contributed by atoms with Crippen LogP contribution >= 0.6 is 0 Å². The Morgan fingerprint density at radius 3 is 2.65 bits per heavy atom. The topological polar surface area (TPSA) is 105 Å². The van der Waals surface area contributed by atoms with Crippen LogP contribution in [-0.2, 0) is 4.74 Å². The Kier molecular flexibility index (Phi) is 3.43. The number of carbonyl (C=O) groups is 1. The number of ether oxygens (including phenoxy) is 1. The molecule has 0 spiro atoms. The molecule has 0 amide bonds. The lowest BCUT2D eigenvalue weighted by molar-refractivity contribution is -0.384. The maximum Gasteiger partial charge on any atom is 0.343 e. The van der Waals surface area contributed by atoms with Gasteiger partial charge in [0, 0.05) is 11.8 Å². The van der Waals surface area contributed by atoms with Gasteiger partial charge in [0.1, 0.15) is 5.56 Å². The van der Waals surface area contributed by atoms with Crippen molar-refractivity contribution >= 4 is 11.7 Å². The van der Waals surface area contributed by atoms with Gasteiger partial charge < -0.3 is 14.8 Å². The van der Waals surface area contributed by atoms with Crippen LogP contribution in [0, 0.1) is 17.0 Å². The minimum Gasteiger partial charge on any atom is -0.505 e. The van der Waals surface area contributed by atoms with Crippen LogP contribution in [0.2, 0.25) is 0 Å². The predicted octanol–water partition coefficient (Wildman–Crippen LogP) is 2.39. The summed E-state index contributed by atoms with van der Waals surface area (Å²) < 4.78 is 4.57. The van der Waals surface area contributed by atoms with Crippen LogP contribution in [0.5, 0.6) is 5.75 Å². The van der Waals surface area contributed by atoms with Crippen molar-refractivity contribution in [2.24, 2.45) is 0 Å². The van der Waals surface area contributed by atoms with E-state index >= 15 is 0 Å². The number of aryl methyl sites for hydroxylation is 1. The summed E-state index contributed by atoms with van der Waals surface area (Å²) in [4.78, 5) is 24.8. The number of nitrogens with one attached hydrogen (secondary N) is 1. The molecule has 1 aromatic carbocycles. The second-order valence-corrected chi connectivity index (χ2v) is 4.11. The lowest BCUT2D eigenvalue weighted by Gasteiger charge is -2.02. The summed E-state index contributed by atoms with van der Waals surface area (Å²) in [5, 5.41) is 21.1. The number of esters is 1. The summed E-state index contributed by atoms with van der Waals surface area (Å²) in [7, 11) is 1.19. The summed E-state index contributed by atoms with van der Waals surface area (Å²) in [5.41, 5.74) is 0.507. The molecule has 0 aliphatic rings. The Morgan fingerprint density at radius 2 is 2.05 bits per heavy atom. The third-order valence-electron chi connectivity index (χ3n) is 2.92. The van der Waals surface area contributed by atoms with Crippen molar-refractivity contribution in [3.63, 3.8) is 0 Å². The molecule has 0 radical (unpaired) electrons. The number of hydrogen-bond donors (Lipinski definition) is 2. The monoisotopic (exact) mass is 276 g/mol. The molecule has 0 atom stereocenters. The Morgan fingerprint density at radius 1 is 1.40 bits per heavy atom. The number of rotatable bonds is 3. The first kappa shape index (κ1) is 13.6. The van der Waals surface area contributed by atoms with Crippen LogP contribution < -0.4 is 0 Å². The molecule has 2 N–H and O–H groups in total. The summed E-state index contributed by atoms with van der Waals surface area (Å²) in [6, 6.07) is 5.94. The highest BCUT2D eigenvalue weighted by Crippen LogP contribution is 2.38. The maximum atomic E-state index is 11.6. The summed E-state index contributed by atoms with van der Waals surface area (Å²) in [6.07, 6.45) is 0. The van der Waals surface area contributed by atoms with Crippen LogP contribution in [0.1, 0.15) is 16.1 Å². The van der Waals surface area contributed by atoms with Gasteiger partial charge in [-0.15, -0.1) is 0 Å². The van der Waals surface area contributed by atoms with E-state index in [-0.39, 0.29) is 28.3 Å². The van der Waals surface area contributed by atoms with E-state index in [0.29, 0.717) is 5.69 Å². The largest absolute Gasteiger partial charge is 0.505 e. The van der Waals surface area contributed by atoms with Gasteiger partial charge in [0.05, 0.1) is 23.3 Å². The molecule has 0 unspecified atom stereocenters. The Bertz CT molecular complexity index is 690. The number of nitrogens with zero attached hydrogens (tertiary/aromatic N) is 1. The molecule has 0 saturated carbocycles. The van der Waals surface area contributed by atoms with Gasteiger partial charge in [-0.3, -0.25) is 10.1 Å². The smallest absolute Gasteiger partial charge is 0.343 e. The van der Waals surface area contributed by atoms with E-state index in [9.17, 15) is 20.0 Å². The van der Waals surface area contributed by atoms with Crippen LogP contribution in [-0.4, -0.2) is 28.1 Å². The normalized spacial score (nSPS) is 10.3. The Hall–Kier alpha value is -2.83. The summed E-state index contributed by atoms with van der Waals surface area (Å²) >= 11 is 0. The van der Waals surface area contributed by atoms with E-state index in [4.69, 9.17) is 0 Å². The number of para-hydroxylation sites is 1. The van der Waals surface area contributed by atoms with Gasteiger partial charge in [0.2, 0.25) is 0 Å². The number of nitro benzene ring substituents is 1. The van der Waals surface area contributed by atoms with Gasteiger partial charge in [-0.25, -0.2) is 4.79 Å². The highest BCUT2D eigenvalue weighted by molar-refractivity contribution is 5.97. The molecule has 1 aromatic heterocycles. The maximum absolute atomic E-state index is 11.6. The Balaban J connectivity index is 2.67. The van der Waals surface area contributed by atoms with Crippen molar-refractivity contribution in [1.29, 1.82) is 0 Å². The van der Waals surface area contributed by atoms with E-state index in [1.807, 2.05) is 0 Å². The number of methoxy groups -OCH3 is 1. The summed E-state index contributed by atoms with van der Waals surface area (Å²) in [6.45, 7) is 1.57. The number of nitro groups is 1. The molecule has 2 rings (SSSR count). The van der Waals surface area contributed by atoms with Crippen LogP contribution in [0.3, 0.4) is 0 Å². The van der Waals surface area contributed by atoms with E-state index in [0.717, 1.165) is 0 Å². The predicted molar refractivity (Wildman–Crippen MR) is 70.6 cm³/mol. The molecule has 104 valence electrons. The van der Waals surface area contributed by atoms with Crippen LogP contribution in [0.4, 0.5) is 5.69 Å². The van der Waals surface area contributed by atoms with Gasteiger partial charge in [-0.1, -0.05) is 12.1 Å². The van der Waals surface area contributed by atoms with Gasteiger partial charge in [-0.2, -0.15) is 0 Å². The summed E-state index contributed by atoms with van der Waals surface area (Å²) in [5.74, 6) is -1.07. The number of hydrogen-bond acceptors (Lipinski definition) is 5. The zero-order valence-corrected chi connectivity index (χ0v) is 10.8. The minimum atomic E-state index is -0.707. The van der Waals surface area contributed by atoms with Crippen molar-refractivity contribution in [3.8, 4) is 17.0 Å². The molecular weight excluding hydrogens is 264 g/mol. The zero-order chi connectivity index (χ0) is 14.9. The van der Waals surface area contributed by atoms with Crippen LogP contribution in [0.15, 0.2) is 24.3 Å². The average molecular weight is 276 g/mol.